The van der Waals surface area contributed by atoms with Crippen LogP contribution in [-0.4, -0.2) is 56.2 Å². The second-order valence-electron chi connectivity index (χ2n) is 7.51. The van der Waals surface area contributed by atoms with Gasteiger partial charge in [-0.05, 0) is 40.2 Å². The van der Waals surface area contributed by atoms with E-state index >= 15 is 0 Å². The number of ether oxygens (including phenoxy) is 1. The molecule has 0 bridgehead atoms. The number of halogens is 1. The molecular formula is C19H33IN4O3S. The lowest BCUT2D eigenvalue weighted by atomic mass is 10.1. The lowest BCUT2D eigenvalue weighted by molar-refractivity contribution is 0.129. The summed E-state index contributed by atoms with van der Waals surface area (Å²) in [4.78, 5) is 4.62. The summed E-state index contributed by atoms with van der Waals surface area (Å²) in [6, 6.07) is 7.88. The average molecular weight is 524 g/mol. The molecule has 1 saturated heterocycles. The Labute approximate surface area is 186 Å². The molecule has 1 heterocycles. The molecule has 7 nitrogen and oxygen atoms in total. The molecule has 1 aromatic rings. The van der Waals surface area contributed by atoms with E-state index in [0.717, 1.165) is 17.9 Å². The van der Waals surface area contributed by atoms with E-state index in [0.29, 0.717) is 38.6 Å². The molecule has 1 aliphatic rings. The van der Waals surface area contributed by atoms with Gasteiger partial charge in [-0.25, -0.2) is 17.7 Å². The Morgan fingerprint density at radius 2 is 1.96 bits per heavy atom. The molecule has 0 atom stereocenters. The first-order chi connectivity index (χ1) is 12.7. The smallest absolute Gasteiger partial charge is 0.214 e. The second kappa shape index (κ2) is 11.2. The SMILES string of the molecule is CCNC(=NCc1ccccc1OC(C)(C)C)NCCN1CCCS1(=O)=O.I. The van der Waals surface area contributed by atoms with Gasteiger partial charge in [-0.2, -0.15) is 0 Å². The Morgan fingerprint density at radius 3 is 2.57 bits per heavy atom. The van der Waals surface area contributed by atoms with Gasteiger partial charge in [0.2, 0.25) is 10.0 Å². The van der Waals surface area contributed by atoms with Crippen LogP contribution in [-0.2, 0) is 16.6 Å². The molecule has 1 aromatic carbocycles. The van der Waals surface area contributed by atoms with Gasteiger partial charge >= 0.3 is 0 Å². The highest BCUT2D eigenvalue weighted by molar-refractivity contribution is 14.0. The minimum atomic E-state index is -3.06. The van der Waals surface area contributed by atoms with Crippen molar-refractivity contribution in [2.24, 2.45) is 4.99 Å². The first-order valence-electron chi connectivity index (χ1n) is 9.48. The van der Waals surface area contributed by atoms with E-state index in [9.17, 15) is 8.42 Å². The van der Waals surface area contributed by atoms with Crippen LogP contribution in [0.3, 0.4) is 0 Å². The number of guanidine groups is 1. The fourth-order valence-electron chi connectivity index (χ4n) is 2.81. The fourth-order valence-corrected chi connectivity index (χ4v) is 4.34. The number of hydrogen-bond donors (Lipinski definition) is 2. The number of hydrogen-bond acceptors (Lipinski definition) is 4. The van der Waals surface area contributed by atoms with Crippen molar-refractivity contribution in [1.29, 1.82) is 0 Å². The van der Waals surface area contributed by atoms with Crippen molar-refractivity contribution >= 4 is 40.0 Å². The van der Waals surface area contributed by atoms with Gasteiger partial charge in [-0.3, -0.25) is 0 Å². The van der Waals surface area contributed by atoms with E-state index in [1.165, 1.54) is 4.31 Å². The zero-order valence-electron chi connectivity index (χ0n) is 17.2. The van der Waals surface area contributed by atoms with E-state index in [1.807, 2.05) is 52.0 Å². The van der Waals surface area contributed by atoms with Crippen molar-refractivity contribution in [1.82, 2.24) is 14.9 Å². The number of nitrogens with one attached hydrogen (secondary N) is 2. The summed E-state index contributed by atoms with van der Waals surface area (Å²) < 4.78 is 31.3. The molecular weight excluding hydrogens is 491 g/mol. The zero-order valence-corrected chi connectivity index (χ0v) is 20.3. The maximum absolute atomic E-state index is 11.9. The van der Waals surface area contributed by atoms with Gasteiger partial charge in [-0.1, -0.05) is 18.2 Å². The molecule has 0 aliphatic carbocycles. The molecule has 0 aromatic heterocycles. The van der Waals surface area contributed by atoms with E-state index in [4.69, 9.17) is 4.74 Å². The maximum Gasteiger partial charge on any atom is 0.214 e. The zero-order chi connectivity index (χ0) is 19.9. The normalized spacial score (nSPS) is 17.1. The fraction of sp³-hybridized carbons (Fsp3) is 0.632. The van der Waals surface area contributed by atoms with Gasteiger partial charge < -0.3 is 15.4 Å². The summed E-state index contributed by atoms with van der Waals surface area (Å²) in [6.07, 6.45) is 0.709. The highest BCUT2D eigenvalue weighted by Gasteiger charge is 2.27. The molecule has 28 heavy (non-hydrogen) atoms. The molecule has 0 radical (unpaired) electrons. The monoisotopic (exact) mass is 524 g/mol. The quantitative estimate of drug-likeness (QED) is 0.326. The minimum absolute atomic E-state index is 0. The van der Waals surface area contributed by atoms with Crippen LogP contribution in [0.4, 0.5) is 0 Å². The number of aliphatic imine (C=N–C) groups is 1. The van der Waals surface area contributed by atoms with Crippen LogP contribution in [0, 0.1) is 0 Å². The van der Waals surface area contributed by atoms with Crippen LogP contribution in [0.2, 0.25) is 0 Å². The first-order valence-corrected chi connectivity index (χ1v) is 11.1. The van der Waals surface area contributed by atoms with Crippen LogP contribution >= 0.6 is 24.0 Å². The van der Waals surface area contributed by atoms with E-state index in [2.05, 4.69) is 15.6 Å². The third kappa shape index (κ3) is 8.12. The summed E-state index contributed by atoms with van der Waals surface area (Å²) in [7, 11) is -3.06. The van der Waals surface area contributed by atoms with Crippen molar-refractivity contribution in [3.8, 4) is 5.75 Å². The van der Waals surface area contributed by atoms with Crippen molar-refractivity contribution in [2.45, 2.75) is 46.3 Å². The number of benzene rings is 1. The van der Waals surface area contributed by atoms with Crippen molar-refractivity contribution in [2.75, 3.05) is 31.9 Å². The van der Waals surface area contributed by atoms with Gasteiger partial charge in [0, 0.05) is 31.7 Å². The molecule has 2 rings (SSSR count). The molecule has 0 unspecified atom stereocenters. The second-order valence-corrected chi connectivity index (χ2v) is 9.60. The molecule has 160 valence electrons. The maximum atomic E-state index is 11.9. The third-order valence-electron chi connectivity index (χ3n) is 4.00. The number of para-hydroxylation sites is 1. The Kier molecular flexibility index (Phi) is 9.99. The van der Waals surface area contributed by atoms with Gasteiger partial charge in [0.25, 0.3) is 0 Å². The average Bonchev–Trinajstić information content (AvgIpc) is 2.91. The van der Waals surface area contributed by atoms with Gasteiger partial charge in [0.15, 0.2) is 5.96 Å². The van der Waals surface area contributed by atoms with E-state index in [1.54, 1.807) is 0 Å². The van der Waals surface area contributed by atoms with Crippen molar-refractivity contribution in [3.63, 3.8) is 0 Å². The number of nitrogens with zero attached hydrogens (tertiary/aromatic N) is 2. The lowest BCUT2D eigenvalue weighted by Gasteiger charge is -2.23. The summed E-state index contributed by atoms with van der Waals surface area (Å²) in [6.45, 7) is 10.8. The predicted molar refractivity (Wildman–Crippen MR) is 125 cm³/mol. The third-order valence-corrected chi connectivity index (χ3v) is 5.95. The Balaban J connectivity index is 0.00000392. The van der Waals surface area contributed by atoms with Gasteiger partial charge in [-0.15, -0.1) is 24.0 Å². The molecule has 0 spiro atoms. The molecule has 9 heteroatoms. The summed E-state index contributed by atoms with van der Waals surface area (Å²) in [5.41, 5.74) is 0.732. The molecule has 1 aliphatic heterocycles. The highest BCUT2D eigenvalue weighted by Crippen LogP contribution is 2.23. The van der Waals surface area contributed by atoms with Crippen molar-refractivity contribution < 1.29 is 13.2 Å². The summed E-state index contributed by atoms with van der Waals surface area (Å²) >= 11 is 0. The van der Waals surface area contributed by atoms with E-state index in [-0.39, 0.29) is 35.3 Å². The largest absolute Gasteiger partial charge is 0.488 e. The van der Waals surface area contributed by atoms with Gasteiger partial charge in [0.05, 0.1) is 12.3 Å². The minimum Gasteiger partial charge on any atom is -0.488 e. The Bertz CT molecular complexity index is 748. The van der Waals surface area contributed by atoms with Crippen LogP contribution in [0.25, 0.3) is 0 Å². The van der Waals surface area contributed by atoms with Gasteiger partial charge in [0.1, 0.15) is 11.4 Å². The first kappa shape index (κ1) is 25.0. The topological polar surface area (TPSA) is 83.0 Å². The van der Waals surface area contributed by atoms with E-state index < -0.39 is 10.0 Å². The molecule has 0 amide bonds. The highest BCUT2D eigenvalue weighted by atomic mass is 127. The number of rotatable bonds is 7. The van der Waals surface area contributed by atoms with Crippen molar-refractivity contribution in [3.05, 3.63) is 29.8 Å². The summed E-state index contributed by atoms with van der Waals surface area (Å²) in [5, 5.41) is 6.41. The summed E-state index contributed by atoms with van der Waals surface area (Å²) in [5.74, 6) is 1.75. The van der Waals surface area contributed by atoms with Crippen LogP contribution in [0.15, 0.2) is 29.3 Å². The molecule has 0 saturated carbocycles. The van der Waals surface area contributed by atoms with Crippen LogP contribution in [0.1, 0.15) is 39.7 Å². The van der Waals surface area contributed by atoms with Crippen LogP contribution in [0.5, 0.6) is 5.75 Å². The Hall–Kier alpha value is -1.07. The molecule has 1 fully saturated rings. The predicted octanol–water partition coefficient (Wildman–Crippen LogP) is 2.57. The standard InChI is InChI=1S/C19H32N4O3S.HI/c1-5-20-18(21-11-13-23-12-8-14-27(23,24)25)22-15-16-9-6-7-10-17(16)26-19(2,3)4;/h6-7,9-10H,5,8,11-15H2,1-4H3,(H2,20,21,22);1H. The molecule has 2 N–H and O–H groups in total. The number of sulfonamides is 1. The lowest BCUT2D eigenvalue weighted by Crippen LogP contribution is -2.42. The Morgan fingerprint density at radius 1 is 1.25 bits per heavy atom. The van der Waals surface area contributed by atoms with Crippen LogP contribution < -0.4 is 15.4 Å².